The Hall–Kier alpha value is -2.19. The number of aliphatic hydroxyl groups excluding tert-OH is 1. The van der Waals surface area contributed by atoms with Crippen molar-refractivity contribution in [3.8, 4) is 0 Å². The number of ether oxygens (including phenoxy) is 3. The molecular weight excluding hydrogens is 368 g/mol. The first-order valence-corrected chi connectivity index (χ1v) is 9.37. The van der Waals surface area contributed by atoms with E-state index in [1.165, 1.54) is 13.2 Å². The maximum Gasteiger partial charge on any atom is 0.336 e. The summed E-state index contributed by atoms with van der Waals surface area (Å²) in [5.41, 5.74) is -1.64. The van der Waals surface area contributed by atoms with Crippen molar-refractivity contribution in [1.29, 1.82) is 0 Å². The molecule has 0 saturated carbocycles. The monoisotopic (exact) mass is 392 g/mol. The molecule has 3 unspecified atom stereocenters. The molecule has 28 heavy (non-hydrogen) atoms. The van der Waals surface area contributed by atoms with Crippen molar-refractivity contribution >= 4 is 11.9 Å². The van der Waals surface area contributed by atoms with Gasteiger partial charge < -0.3 is 23.7 Å². The zero-order chi connectivity index (χ0) is 20.6. The minimum absolute atomic E-state index is 0.195. The highest BCUT2D eigenvalue weighted by atomic mass is 16.6. The van der Waals surface area contributed by atoms with E-state index < -0.39 is 58.7 Å². The van der Waals surface area contributed by atoms with Gasteiger partial charge in [0.2, 0.25) is 0 Å². The second kappa shape index (κ2) is 5.90. The van der Waals surface area contributed by atoms with Crippen LogP contribution in [-0.4, -0.2) is 42.5 Å². The molecule has 1 N–H and O–H groups in total. The molecule has 8 nitrogen and oxygen atoms in total. The Morgan fingerprint density at radius 3 is 2.68 bits per heavy atom. The van der Waals surface area contributed by atoms with Crippen molar-refractivity contribution in [3.63, 3.8) is 0 Å². The van der Waals surface area contributed by atoms with E-state index in [9.17, 15) is 19.5 Å². The minimum Gasteiger partial charge on any atom is -0.468 e. The lowest BCUT2D eigenvalue weighted by Crippen LogP contribution is -2.63. The Kier molecular flexibility index (Phi) is 4.04. The molecule has 3 aliphatic rings. The van der Waals surface area contributed by atoms with Crippen LogP contribution >= 0.6 is 0 Å². The average molecular weight is 392 g/mol. The molecule has 7 atom stereocenters. The van der Waals surface area contributed by atoms with E-state index in [-0.39, 0.29) is 12.2 Å². The quantitative estimate of drug-likeness (QED) is 0.743. The molecule has 0 bridgehead atoms. The number of fused-ring (bicyclic) bond motifs is 2. The summed E-state index contributed by atoms with van der Waals surface area (Å²) in [5, 5.41) is 10.7. The lowest BCUT2D eigenvalue weighted by Gasteiger charge is -2.54. The van der Waals surface area contributed by atoms with E-state index in [0.717, 1.165) is 0 Å². The maximum atomic E-state index is 12.8. The van der Waals surface area contributed by atoms with Gasteiger partial charge in [-0.3, -0.25) is 9.59 Å². The van der Waals surface area contributed by atoms with Crippen molar-refractivity contribution in [1.82, 2.24) is 0 Å². The SMILES string of the molecule is COC(=O)C(C)c1oc(=O)cc2c1CC1OC(=O)[C@]3(C)C1[C@]2(C)O[C@@H](C)[C@@H]3O. The van der Waals surface area contributed by atoms with Crippen molar-refractivity contribution in [3.05, 3.63) is 33.4 Å². The molecule has 1 aromatic rings. The van der Waals surface area contributed by atoms with Gasteiger partial charge >= 0.3 is 17.6 Å². The molecular formula is C20H24O8. The predicted octanol–water partition coefficient (Wildman–Crippen LogP) is 1.02. The van der Waals surface area contributed by atoms with Gasteiger partial charge in [0, 0.05) is 24.0 Å². The van der Waals surface area contributed by atoms with Crippen LogP contribution in [0.1, 0.15) is 50.5 Å². The summed E-state index contributed by atoms with van der Waals surface area (Å²) in [7, 11) is 1.27. The standard InChI is InChI=1S/C20H24O8/c1-8(17(23)25-5)14-10-6-12-15-19(3,18(24)26-12)16(22)9(2)28-20(15,4)11(10)7-13(21)27-14/h7-9,12,15-16,22H,6H2,1-5H3/t8?,9-,12?,15?,16-,19+,20+/m0/s1. The minimum atomic E-state index is -1.15. The number of carbonyl (C=O) groups excluding carboxylic acids is 2. The van der Waals surface area contributed by atoms with E-state index in [4.69, 9.17) is 18.6 Å². The van der Waals surface area contributed by atoms with Crippen LogP contribution in [0.2, 0.25) is 0 Å². The largest absolute Gasteiger partial charge is 0.468 e. The Balaban J connectivity index is 1.96. The summed E-state index contributed by atoms with van der Waals surface area (Å²) in [4.78, 5) is 37.2. The molecule has 1 aromatic heterocycles. The average Bonchev–Trinajstić information content (AvgIpc) is 2.91. The van der Waals surface area contributed by atoms with Crippen LogP contribution in [0.4, 0.5) is 0 Å². The number of methoxy groups -OCH3 is 1. The molecule has 0 amide bonds. The molecule has 3 heterocycles. The molecule has 4 rings (SSSR count). The smallest absolute Gasteiger partial charge is 0.336 e. The third kappa shape index (κ3) is 2.21. The summed E-state index contributed by atoms with van der Waals surface area (Å²) in [6.45, 7) is 6.78. The second-order valence-electron chi connectivity index (χ2n) is 8.35. The van der Waals surface area contributed by atoms with Gasteiger partial charge in [-0.15, -0.1) is 0 Å². The van der Waals surface area contributed by atoms with Gasteiger partial charge in [-0.05, 0) is 33.3 Å². The van der Waals surface area contributed by atoms with Crippen molar-refractivity contribution in [2.75, 3.05) is 7.11 Å². The van der Waals surface area contributed by atoms with E-state index in [1.54, 1.807) is 27.7 Å². The van der Waals surface area contributed by atoms with Crippen LogP contribution in [0, 0.1) is 11.3 Å². The fraction of sp³-hybridized carbons (Fsp3) is 0.650. The highest BCUT2D eigenvalue weighted by Crippen LogP contribution is 2.60. The predicted molar refractivity (Wildman–Crippen MR) is 94.5 cm³/mol. The van der Waals surface area contributed by atoms with E-state index in [2.05, 4.69) is 0 Å². The number of aliphatic hydroxyl groups is 1. The van der Waals surface area contributed by atoms with E-state index in [1.807, 2.05) is 0 Å². The van der Waals surface area contributed by atoms with Crippen LogP contribution in [0.25, 0.3) is 0 Å². The van der Waals surface area contributed by atoms with Gasteiger partial charge in [0.15, 0.2) is 0 Å². The third-order valence-corrected chi connectivity index (χ3v) is 6.78. The maximum absolute atomic E-state index is 12.8. The van der Waals surface area contributed by atoms with Gasteiger partial charge in [0.1, 0.15) is 23.2 Å². The van der Waals surface area contributed by atoms with Crippen LogP contribution in [0.15, 0.2) is 15.3 Å². The zero-order valence-electron chi connectivity index (χ0n) is 16.5. The first kappa shape index (κ1) is 19.1. The lowest BCUT2D eigenvalue weighted by molar-refractivity contribution is -0.248. The first-order chi connectivity index (χ1) is 13.1. The summed E-state index contributed by atoms with van der Waals surface area (Å²) in [6, 6.07) is 1.35. The fourth-order valence-electron chi connectivity index (χ4n) is 5.50. The van der Waals surface area contributed by atoms with Crippen molar-refractivity contribution in [2.45, 2.75) is 63.9 Å². The highest BCUT2D eigenvalue weighted by Gasteiger charge is 2.71. The van der Waals surface area contributed by atoms with Crippen molar-refractivity contribution in [2.24, 2.45) is 11.3 Å². The summed E-state index contributed by atoms with van der Waals surface area (Å²) >= 11 is 0. The first-order valence-electron chi connectivity index (χ1n) is 9.37. The zero-order valence-corrected chi connectivity index (χ0v) is 16.5. The van der Waals surface area contributed by atoms with E-state index >= 15 is 0 Å². The third-order valence-electron chi connectivity index (χ3n) is 6.78. The van der Waals surface area contributed by atoms with E-state index in [0.29, 0.717) is 11.1 Å². The summed E-state index contributed by atoms with van der Waals surface area (Å²) in [5.74, 6) is -2.10. The van der Waals surface area contributed by atoms with Crippen LogP contribution < -0.4 is 5.63 Å². The molecule has 2 aliphatic heterocycles. The molecule has 0 aromatic carbocycles. The molecule has 0 spiro atoms. The molecule has 152 valence electrons. The second-order valence-corrected chi connectivity index (χ2v) is 8.35. The number of carbonyl (C=O) groups is 2. The Bertz CT molecular complexity index is 919. The van der Waals surface area contributed by atoms with Crippen LogP contribution in [0.3, 0.4) is 0 Å². The fourth-order valence-corrected chi connectivity index (χ4v) is 5.50. The lowest BCUT2D eigenvalue weighted by atomic mass is 9.57. The van der Waals surface area contributed by atoms with Gasteiger partial charge in [0.25, 0.3) is 0 Å². The van der Waals surface area contributed by atoms with Gasteiger partial charge in [0.05, 0.1) is 24.9 Å². The number of hydrogen-bond donors (Lipinski definition) is 1. The topological polar surface area (TPSA) is 112 Å². The Labute approximate surface area is 161 Å². The van der Waals surface area contributed by atoms with Gasteiger partial charge in [-0.1, -0.05) is 0 Å². The summed E-state index contributed by atoms with van der Waals surface area (Å²) < 4.78 is 22.1. The Morgan fingerprint density at radius 1 is 1.36 bits per heavy atom. The molecule has 2 saturated heterocycles. The van der Waals surface area contributed by atoms with Gasteiger partial charge in [-0.25, -0.2) is 4.79 Å². The van der Waals surface area contributed by atoms with Crippen LogP contribution in [-0.2, 0) is 35.8 Å². The Morgan fingerprint density at radius 2 is 2.04 bits per heavy atom. The number of hydrogen-bond acceptors (Lipinski definition) is 8. The van der Waals surface area contributed by atoms with Crippen LogP contribution in [0.5, 0.6) is 0 Å². The molecule has 2 fully saturated rings. The normalized spacial score (nSPS) is 39.6. The summed E-state index contributed by atoms with van der Waals surface area (Å²) in [6.07, 6.45) is -1.98. The number of rotatable bonds is 2. The molecule has 1 aliphatic carbocycles. The van der Waals surface area contributed by atoms with Crippen molar-refractivity contribution < 1.29 is 33.3 Å². The molecule has 8 heteroatoms. The molecule has 0 radical (unpaired) electrons. The van der Waals surface area contributed by atoms with Gasteiger partial charge in [-0.2, -0.15) is 0 Å². The number of esters is 2. The highest BCUT2D eigenvalue weighted by molar-refractivity contribution is 5.82.